The molecule has 0 aliphatic carbocycles. The van der Waals surface area contributed by atoms with Crippen molar-refractivity contribution in [2.24, 2.45) is 0 Å². The first kappa shape index (κ1) is 20.3. The predicted molar refractivity (Wildman–Crippen MR) is 111 cm³/mol. The fourth-order valence-electron chi connectivity index (χ4n) is 3.51. The number of rotatable bonds is 5. The Bertz CT molecular complexity index is 998. The minimum atomic E-state index is -0.695. The summed E-state index contributed by atoms with van der Waals surface area (Å²) in [5.41, 5.74) is 4.30. The van der Waals surface area contributed by atoms with E-state index < -0.39 is 6.04 Å². The third-order valence-corrected chi connectivity index (χ3v) is 4.89. The van der Waals surface area contributed by atoms with Crippen LogP contribution in [0.5, 0.6) is 11.5 Å². The van der Waals surface area contributed by atoms with Gasteiger partial charge in [0.25, 0.3) is 5.91 Å². The summed E-state index contributed by atoms with van der Waals surface area (Å²) in [6.45, 7) is 5.64. The summed E-state index contributed by atoms with van der Waals surface area (Å²) in [5.74, 6) is 0.674. The lowest BCUT2D eigenvalue weighted by Gasteiger charge is -2.30. The number of allylic oxidation sites excluding steroid dienone is 1. The molecular formula is C22H25N3O4. The van der Waals surface area contributed by atoms with Gasteiger partial charge in [-0.1, -0.05) is 29.8 Å². The number of benzene rings is 2. The molecule has 152 valence electrons. The second-order valence-corrected chi connectivity index (χ2v) is 6.93. The molecule has 2 aromatic carbocycles. The van der Waals surface area contributed by atoms with Crippen LogP contribution in [-0.4, -0.2) is 26.2 Å². The second-order valence-electron chi connectivity index (χ2n) is 6.93. The number of aryl methyl sites for hydroxylation is 2. The van der Waals surface area contributed by atoms with Crippen LogP contribution in [-0.2, 0) is 4.79 Å². The highest BCUT2D eigenvalue weighted by atomic mass is 16.5. The van der Waals surface area contributed by atoms with Crippen molar-refractivity contribution in [3.63, 3.8) is 0 Å². The van der Waals surface area contributed by atoms with E-state index in [1.165, 1.54) is 14.2 Å². The molecule has 29 heavy (non-hydrogen) atoms. The number of ether oxygens (including phenoxy) is 2. The van der Waals surface area contributed by atoms with E-state index in [1.807, 2.05) is 32.0 Å². The van der Waals surface area contributed by atoms with Gasteiger partial charge in [-0.2, -0.15) is 0 Å². The highest BCUT2D eigenvalue weighted by Crippen LogP contribution is 2.39. The van der Waals surface area contributed by atoms with Crippen molar-refractivity contribution in [3.05, 3.63) is 64.4 Å². The number of carbonyl (C=O) groups is 2. The number of hydrogen-bond donors (Lipinski definition) is 3. The second kappa shape index (κ2) is 8.26. The molecule has 0 bridgehead atoms. The first-order valence-corrected chi connectivity index (χ1v) is 9.23. The zero-order valence-electron chi connectivity index (χ0n) is 17.2. The molecule has 7 heteroatoms. The summed E-state index contributed by atoms with van der Waals surface area (Å²) in [6.07, 6.45) is 0. The SMILES string of the molecule is COc1cccc(C2NC(=O)NC(C)=C2C(=O)Nc2ccc(C)cc2C)c1OC. The van der Waals surface area contributed by atoms with Gasteiger partial charge < -0.3 is 25.4 Å². The van der Waals surface area contributed by atoms with Crippen molar-refractivity contribution in [2.75, 3.05) is 19.5 Å². The first-order chi connectivity index (χ1) is 13.8. The van der Waals surface area contributed by atoms with Crippen LogP contribution in [0.2, 0.25) is 0 Å². The van der Waals surface area contributed by atoms with E-state index in [2.05, 4.69) is 16.0 Å². The lowest BCUT2D eigenvalue weighted by atomic mass is 9.93. The Morgan fingerprint density at radius 2 is 1.83 bits per heavy atom. The maximum Gasteiger partial charge on any atom is 0.319 e. The molecule has 3 N–H and O–H groups in total. The third-order valence-electron chi connectivity index (χ3n) is 4.89. The molecule has 0 saturated heterocycles. The lowest BCUT2D eigenvalue weighted by molar-refractivity contribution is -0.113. The van der Waals surface area contributed by atoms with Crippen LogP contribution in [0, 0.1) is 13.8 Å². The van der Waals surface area contributed by atoms with Crippen LogP contribution in [0.25, 0.3) is 0 Å². The standard InChI is InChI=1S/C22H25N3O4/c1-12-9-10-16(13(2)11-12)24-21(26)18-14(3)23-22(27)25-19(18)15-7-6-8-17(28-4)20(15)29-5/h6-11,19H,1-5H3,(H,24,26)(H2,23,25,27). The minimum Gasteiger partial charge on any atom is -0.493 e. The highest BCUT2D eigenvalue weighted by Gasteiger charge is 2.33. The average molecular weight is 395 g/mol. The Balaban J connectivity index is 2.04. The molecule has 0 radical (unpaired) electrons. The van der Waals surface area contributed by atoms with Crippen molar-refractivity contribution < 1.29 is 19.1 Å². The van der Waals surface area contributed by atoms with Crippen LogP contribution in [0.15, 0.2) is 47.7 Å². The van der Waals surface area contributed by atoms with Gasteiger partial charge in [-0.05, 0) is 38.5 Å². The predicted octanol–water partition coefficient (Wildman–Crippen LogP) is 3.59. The number of hydrogen-bond acceptors (Lipinski definition) is 4. The van der Waals surface area contributed by atoms with Crippen LogP contribution >= 0.6 is 0 Å². The number of amides is 3. The largest absolute Gasteiger partial charge is 0.493 e. The molecule has 0 spiro atoms. The van der Waals surface area contributed by atoms with Gasteiger partial charge in [-0.15, -0.1) is 0 Å². The molecule has 2 aromatic rings. The summed E-state index contributed by atoms with van der Waals surface area (Å²) >= 11 is 0. The maximum atomic E-state index is 13.2. The van der Waals surface area contributed by atoms with E-state index in [4.69, 9.17) is 9.47 Å². The molecule has 1 atom stereocenters. The van der Waals surface area contributed by atoms with Gasteiger partial charge in [0.2, 0.25) is 0 Å². The minimum absolute atomic E-state index is 0.308. The van der Waals surface area contributed by atoms with Gasteiger partial charge in [0.1, 0.15) is 0 Å². The topological polar surface area (TPSA) is 88.7 Å². The Labute approximate surface area is 170 Å². The molecule has 0 fully saturated rings. The summed E-state index contributed by atoms with van der Waals surface area (Å²) in [5, 5.41) is 8.47. The zero-order valence-corrected chi connectivity index (χ0v) is 17.2. The van der Waals surface area contributed by atoms with Crippen molar-refractivity contribution in [1.82, 2.24) is 10.6 Å². The summed E-state index contributed by atoms with van der Waals surface area (Å²) in [4.78, 5) is 25.4. The van der Waals surface area contributed by atoms with Gasteiger partial charge in [0.05, 0.1) is 25.8 Å². The number of carbonyl (C=O) groups excluding carboxylic acids is 2. The monoisotopic (exact) mass is 395 g/mol. The molecule has 1 heterocycles. The number of anilines is 1. The summed E-state index contributed by atoms with van der Waals surface area (Å²) < 4.78 is 10.9. The fourth-order valence-corrected chi connectivity index (χ4v) is 3.51. The Morgan fingerprint density at radius 3 is 2.48 bits per heavy atom. The molecule has 3 amide bonds. The van der Waals surface area contributed by atoms with Gasteiger partial charge in [0, 0.05) is 16.9 Å². The highest BCUT2D eigenvalue weighted by molar-refractivity contribution is 6.07. The van der Waals surface area contributed by atoms with Crippen LogP contribution < -0.4 is 25.4 Å². The lowest BCUT2D eigenvalue weighted by Crippen LogP contribution is -2.46. The van der Waals surface area contributed by atoms with Crippen LogP contribution in [0.3, 0.4) is 0 Å². The number of urea groups is 1. The smallest absolute Gasteiger partial charge is 0.319 e. The molecule has 7 nitrogen and oxygen atoms in total. The third kappa shape index (κ3) is 4.03. The van der Waals surface area contributed by atoms with E-state index in [0.29, 0.717) is 34.0 Å². The van der Waals surface area contributed by atoms with Crippen molar-refractivity contribution in [2.45, 2.75) is 26.8 Å². The first-order valence-electron chi connectivity index (χ1n) is 9.23. The van der Waals surface area contributed by atoms with Gasteiger partial charge in [0.15, 0.2) is 11.5 Å². The molecule has 3 rings (SSSR count). The Kier molecular flexibility index (Phi) is 5.77. The van der Waals surface area contributed by atoms with Gasteiger partial charge in [-0.3, -0.25) is 4.79 Å². The molecule has 1 unspecified atom stereocenters. The van der Waals surface area contributed by atoms with Crippen molar-refractivity contribution in [1.29, 1.82) is 0 Å². The Hall–Kier alpha value is -3.48. The van der Waals surface area contributed by atoms with Crippen LogP contribution in [0.4, 0.5) is 10.5 Å². The quantitative estimate of drug-likeness (QED) is 0.722. The van der Waals surface area contributed by atoms with Crippen molar-refractivity contribution >= 4 is 17.6 Å². The van der Waals surface area contributed by atoms with Gasteiger partial charge in [-0.25, -0.2) is 4.79 Å². The summed E-state index contributed by atoms with van der Waals surface area (Å²) in [7, 11) is 3.06. The molecule has 0 saturated carbocycles. The average Bonchev–Trinajstić information content (AvgIpc) is 2.68. The number of para-hydroxylation sites is 1. The van der Waals surface area contributed by atoms with Gasteiger partial charge >= 0.3 is 6.03 Å². The molecule has 0 aromatic heterocycles. The van der Waals surface area contributed by atoms with E-state index in [-0.39, 0.29) is 11.9 Å². The number of nitrogens with one attached hydrogen (secondary N) is 3. The van der Waals surface area contributed by atoms with E-state index in [9.17, 15) is 9.59 Å². The van der Waals surface area contributed by atoms with Crippen LogP contribution in [0.1, 0.15) is 29.7 Å². The summed E-state index contributed by atoms with van der Waals surface area (Å²) in [6, 6.07) is 10.1. The number of methoxy groups -OCH3 is 2. The normalized spacial score (nSPS) is 16.0. The molecule has 1 aliphatic heterocycles. The van der Waals surface area contributed by atoms with Crippen molar-refractivity contribution in [3.8, 4) is 11.5 Å². The maximum absolute atomic E-state index is 13.2. The molecular weight excluding hydrogens is 370 g/mol. The fraction of sp³-hybridized carbons (Fsp3) is 0.273. The Morgan fingerprint density at radius 1 is 1.07 bits per heavy atom. The molecule has 1 aliphatic rings. The van der Waals surface area contributed by atoms with E-state index in [0.717, 1.165) is 11.1 Å². The van der Waals surface area contributed by atoms with E-state index >= 15 is 0 Å². The van der Waals surface area contributed by atoms with E-state index in [1.54, 1.807) is 25.1 Å². The zero-order chi connectivity index (χ0) is 21.1.